The molecular formula is C14H14F2N2S. The molecule has 0 saturated heterocycles. The summed E-state index contributed by atoms with van der Waals surface area (Å²) in [6.07, 6.45) is 3.47. The van der Waals surface area contributed by atoms with Gasteiger partial charge in [-0.15, -0.1) is 0 Å². The molecular weight excluding hydrogens is 266 g/mol. The number of halogens is 2. The SMILES string of the molecule is CC(Nc1ccccc1SC(F)F)c1cccnc1. The van der Waals surface area contributed by atoms with Gasteiger partial charge in [0.1, 0.15) is 0 Å². The normalized spacial score (nSPS) is 12.4. The van der Waals surface area contributed by atoms with Gasteiger partial charge in [0.05, 0.1) is 6.04 Å². The van der Waals surface area contributed by atoms with Gasteiger partial charge in [0.2, 0.25) is 0 Å². The molecule has 0 saturated carbocycles. The second-order valence-electron chi connectivity index (χ2n) is 4.03. The smallest absolute Gasteiger partial charge is 0.288 e. The lowest BCUT2D eigenvalue weighted by Gasteiger charge is -2.17. The Bertz CT molecular complexity index is 520. The summed E-state index contributed by atoms with van der Waals surface area (Å²) in [5, 5.41) is 3.24. The molecule has 0 aliphatic heterocycles. The van der Waals surface area contributed by atoms with Crippen LogP contribution in [0.25, 0.3) is 0 Å². The van der Waals surface area contributed by atoms with Crippen molar-refractivity contribution in [1.82, 2.24) is 4.98 Å². The van der Waals surface area contributed by atoms with Gasteiger partial charge in [-0.25, -0.2) is 0 Å². The zero-order valence-corrected chi connectivity index (χ0v) is 11.2. The van der Waals surface area contributed by atoms with Crippen LogP contribution in [0.3, 0.4) is 0 Å². The first-order chi connectivity index (χ1) is 9.16. The van der Waals surface area contributed by atoms with Crippen LogP contribution < -0.4 is 5.32 Å². The number of thioether (sulfide) groups is 1. The van der Waals surface area contributed by atoms with Crippen molar-refractivity contribution in [3.05, 3.63) is 54.4 Å². The van der Waals surface area contributed by atoms with Crippen LogP contribution in [0, 0.1) is 0 Å². The van der Waals surface area contributed by atoms with Gasteiger partial charge in [-0.05, 0) is 30.7 Å². The molecule has 0 fully saturated rings. The monoisotopic (exact) mass is 280 g/mol. The maximum Gasteiger partial charge on any atom is 0.288 e. The number of hydrogen-bond donors (Lipinski definition) is 1. The van der Waals surface area contributed by atoms with Crippen molar-refractivity contribution in [3.8, 4) is 0 Å². The van der Waals surface area contributed by atoms with E-state index in [0.717, 1.165) is 5.56 Å². The van der Waals surface area contributed by atoms with Crippen LogP contribution in [0.5, 0.6) is 0 Å². The minimum absolute atomic E-state index is 0.00752. The average Bonchev–Trinajstić information content (AvgIpc) is 2.41. The third-order valence-electron chi connectivity index (χ3n) is 2.66. The van der Waals surface area contributed by atoms with Gasteiger partial charge in [0.15, 0.2) is 0 Å². The molecule has 2 rings (SSSR count). The Labute approximate surface area is 115 Å². The standard InChI is InChI=1S/C14H14F2N2S/c1-10(11-5-4-8-17-9-11)18-12-6-2-3-7-13(12)19-14(15)16/h2-10,14,18H,1H3. The Kier molecular flexibility index (Phi) is 4.74. The van der Waals surface area contributed by atoms with Crippen molar-refractivity contribution in [3.63, 3.8) is 0 Å². The molecule has 5 heteroatoms. The summed E-state index contributed by atoms with van der Waals surface area (Å²) in [4.78, 5) is 4.60. The number of anilines is 1. The summed E-state index contributed by atoms with van der Waals surface area (Å²) in [5.74, 6) is -2.42. The second kappa shape index (κ2) is 6.52. The van der Waals surface area contributed by atoms with Crippen LogP contribution >= 0.6 is 11.8 Å². The van der Waals surface area contributed by atoms with E-state index in [1.807, 2.05) is 25.1 Å². The highest BCUT2D eigenvalue weighted by molar-refractivity contribution is 7.99. The number of hydrogen-bond acceptors (Lipinski definition) is 3. The molecule has 0 bridgehead atoms. The van der Waals surface area contributed by atoms with Crippen molar-refractivity contribution < 1.29 is 8.78 Å². The van der Waals surface area contributed by atoms with E-state index in [0.29, 0.717) is 22.3 Å². The van der Waals surface area contributed by atoms with Gasteiger partial charge in [-0.1, -0.05) is 30.0 Å². The van der Waals surface area contributed by atoms with Crippen LogP contribution in [0.2, 0.25) is 0 Å². The van der Waals surface area contributed by atoms with E-state index in [1.54, 1.807) is 30.6 Å². The molecule has 0 radical (unpaired) electrons. The number of nitrogens with one attached hydrogen (secondary N) is 1. The van der Waals surface area contributed by atoms with Crippen LogP contribution in [-0.4, -0.2) is 10.7 Å². The van der Waals surface area contributed by atoms with E-state index in [2.05, 4.69) is 10.3 Å². The van der Waals surface area contributed by atoms with E-state index >= 15 is 0 Å². The first-order valence-electron chi connectivity index (χ1n) is 5.87. The molecule has 1 aromatic heterocycles. The fraction of sp³-hybridized carbons (Fsp3) is 0.214. The molecule has 0 aliphatic carbocycles. The van der Waals surface area contributed by atoms with Crippen molar-refractivity contribution in [2.75, 3.05) is 5.32 Å². The van der Waals surface area contributed by atoms with Crippen LogP contribution in [0.1, 0.15) is 18.5 Å². The van der Waals surface area contributed by atoms with Gasteiger partial charge in [-0.2, -0.15) is 8.78 Å². The third-order valence-corrected chi connectivity index (χ3v) is 3.45. The molecule has 1 atom stereocenters. The maximum atomic E-state index is 12.5. The zero-order valence-electron chi connectivity index (χ0n) is 10.4. The number of pyridine rings is 1. The second-order valence-corrected chi connectivity index (χ2v) is 5.06. The first-order valence-corrected chi connectivity index (χ1v) is 6.75. The highest BCUT2D eigenvalue weighted by atomic mass is 32.2. The van der Waals surface area contributed by atoms with Crippen molar-refractivity contribution in [2.45, 2.75) is 23.6 Å². The Morgan fingerprint density at radius 1 is 1.16 bits per heavy atom. The summed E-state index contributed by atoms with van der Waals surface area (Å²) < 4.78 is 25.0. The first kappa shape index (κ1) is 13.8. The molecule has 1 unspecified atom stereocenters. The third kappa shape index (κ3) is 3.92. The number of aromatic nitrogens is 1. The number of para-hydroxylation sites is 1. The highest BCUT2D eigenvalue weighted by Crippen LogP contribution is 2.33. The predicted molar refractivity (Wildman–Crippen MR) is 74.6 cm³/mol. The molecule has 100 valence electrons. The van der Waals surface area contributed by atoms with Crippen LogP contribution in [-0.2, 0) is 0 Å². The lowest BCUT2D eigenvalue weighted by atomic mass is 10.1. The molecule has 1 heterocycles. The largest absolute Gasteiger partial charge is 0.378 e. The van der Waals surface area contributed by atoms with Gasteiger partial charge in [-0.3, -0.25) is 4.98 Å². The minimum Gasteiger partial charge on any atom is -0.378 e. The van der Waals surface area contributed by atoms with E-state index in [1.165, 1.54) is 0 Å². The summed E-state index contributed by atoms with van der Waals surface area (Å²) in [6, 6.07) is 10.9. The lowest BCUT2D eigenvalue weighted by Crippen LogP contribution is -2.07. The summed E-state index contributed by atoms with van der Waals surface area (Å²) in [6.45, 7) is 1.97. The number of nitrogens with zero attached hydrogens (tertiary/aromatic N) is 1. The Morgan fingerprint density at radius 3 is 2.63 bits per heavy atom. The quantitative estimate of drug-likeness (QED) is 0.812. The highest BCUT2D eigenvalue weighted by Gasteiger charge is 2.12. The van der Waals surface area contributed by atoms with Crippen molar-refractivity contribution >= 4 is 17.4 Å². The fourth-order valence-corrected chi connectivity index (χ4v) is 2.34. The molecule has 2 nitrogen and oxygen atoms in total. The maximum absolute atomic E-state index is 12.5. The Morgan fingerprint density at radius 2 is 1.95 bits per heavy atom. The number of benzene rings is 1. The topological polar surface area (TPSA) is 24.9 Å². The van der Waals surface area contributed by atoms with Crippen molar-refractivity contribution in [1.29, 1.82) is 0 Å². The van der Waals surface area contributed by atoms with E-state index in [9.17, 15) is 8.78 Å². The van der Waals surface area contributed by atoms with E-state index in [-0.39, 0.29) is 6.04 Å². The van der Waals surface area contributed by atoms with Gasteiger partial charge in [0.25, 0.3) is 5.76 Å². The molecule has 1 N–H and O–H groups in total. The number of rotatable bonds is 5. The van der Waals surface area contributed by atoms with Crippen LogP contribution in [0.15, 0.2) is 53.7 Å². The van der Waals surface area contributed by atoms with Crippen LogP contribution in [0.4, 0.5) is 14.5 Å². The molecule has 1 aromatic carbocycles. The molecule has 0 spiro atoms. The van der Waals surface area contributed by atoms with Crippen molar-refractivity contribution in [2.24, 2.45) is 0 Å². The summed E-state index contributed by atoms with van der Waals surface area (Å²) in [7, 11) is 0. The summed E-state index contributed by atoms with van der Waals surface area (Å²) in [5.41, 5.74) is 1.73. The van der Waals surface area contributed by atoms with E-state index < -0.39 is 5.76 Å². The van der Waals surface area contributed by atoms with Gasteiger partial charge >= 0.3 is 0 Å². The van der Waals surface area contributed by atoms with Gasteiger partial charge in [0, 0.05) is 23.0 Å². The van der Waals surface area contributed by atoms with E-state index in [4.69, 9.17) is 0 Å². The minimum atomic E-state index is -2.42. The average molecular weight is 280 g/mol. The van der Waals surface area contributed by atoms with Gasteiger partial charge < -0.3 is 5.32 Å². The molecule has 0 amide bonds. The molecule has 2 aromatic rings. The zero-order chi connectivity index (χ0) is 13.7. The number of alkyl halides is 2. The summed E-state index contributed by atoms with van der Waals surface area (Å²) >= 11 is 0.551. The Balaban J connectivity index is 2.15. The molecule has 19 heavy (non-hydrogen) atoms. The Hall–Kier alpha value is -1.62. The fourth-order valence-electron chi connectivity index (χ4n) is 1.73. The lowest BCUT2D eigenvalue weighted by molar-refractivity contribution is 0.252. The molecule has 0 aliphatic rings. The predicted octanol–water partition coefficient (Wildman–Crippen LogP) is 4.57.